The summed E-state index contributed by atoms with van der Waals surface area (Å²) >= 11 is 3.36. The van der Waals surface area contributed by atoms with E-state index in [9.17, 15) is 8.42 Å². The normalized spacial score (nSPS) is 11.6. The first kappa shape index (κ1) is 16.8. The predicted octanol–water partition coefficient (Wildman–Crippen LogP) is 3.02. The number of hydrogen-bond donors (Lipinski definition) is 2. The zero-order chi connectivity index (χ0) is 17.2. The van der Waals surface area contributed by atoms with Gasteiger partial charge in [-0.2, -0.15) is 5.10 Å². The van der Waals surface area contributed by atoms with Crippen molar-refractivity contribution in [2.75, 3.05) is 0 Å². The Bertz CT molecular complexity index is 955. The molecule has 0 fully saturated rings. The fraction of sp³-hybridized carbons (Fsp3) is 0.125. The molecule has 1 heterocycles. The van der Waals surface area contributed by atoms with Gasteiger partial charge in [-0.3, -0.25) is 5.10 Å². The maximum absolute atomic E-state index is 12.4. The maximum atomic E-state index is 12.4. The Hall–Kier alpha value is -2.03. The second-order valence-corrected chi connectivity index (χ2v) is 7.83. The standard InChI is InChI=1S/C16H15BrN4O2S/c1-11-9-13(7-8-14(11)17)24(22,23)18-10-15-19-16(21-20-15)12-5-3-2-4-6-12/h2-9,18H,10H2,1H3,(H,19,20,21). The molecular weight excluding hydrogens is 392 g/mol. The smallest absolute Gasteiger partial charge is 0.240 e. The lowest BCUT2D eigenvalue weighted by Crippen LogP contribution is -2.24. The summed E-state index contributed by atoms with van der Waals surface area (Å²) in [6.45, 7) is 1.88. The van der Waals surface area contributed by atoms with Crippen LogP contribution in [0.3, 0.4) is 0 Å². The van der Waals surface area contributed by atoms with Gasteiger partial charge in [0.25, 0.3) is 0 Å². The van der Waals surface area contributed by atoms with Gasteiger partial charge < -0.3 is 0 Å². The molecule has 6 nitrogen and oxygen atoms in total. The van der Waals surface area contributed by atoms with E-state index >= 15 is 0 Å². The molecule has 0 radical (unpaired) electrons. The molecule has 1 aromatic heterocycles. The summed E-state index contributed by atoms with van der Waals surface area (Å²) in [6, 6.07) is 14.4. The summed E-state index contributed by atoms with van der Waals surface area (Å²) in [4.78, 5) is 4.52. The molecule has 3 aromatic rings. The number of sulfonamides is 1. The molecule has 0 amide bonds. The van der Waals surface area contributed by atoms with Gasteiger partial charge in [0, 0.05) is 10.0 Å². The molecule has 0 atom stereocenters. The molecule has 0 aliphatic rings. The second-order valence-electron chi connectivity index (χ2n) is 5.21. The van der Waals surface area contributed by atoms with Gasteiger partial charge in [0.15, 0.2) is 5.82 Å². The first-order valence-electron chi connectivity index (χ1n) is 7.18. The molecule has 0 saturated carbocycles. The Kier molecular flexibility index (Phi) is 4.79. The van der Waals surface area contributed by atoms with E-state index in [4.69, 9.17) is 0 Å². The van der Waals surface area contributed by atoms with Gasteiger partial charge in [0.1, 0.15) is 5.82 Å². The van der Waals surface area contributed by atoms with Gasteiger partial charge >= 0.3 is 0 Å². The van der Waals surface area contributed by atoms with Crippen molar-refractivity contribution in [1.82, 2.24) is 19.9 Å². The SMILES string of the molecule is Cc1cc(S(=O)(=O)NCc2nc(-c3ccccc3)n[nH]2)ccc1Br. The number of benzene rings is 2. The molecule has 0 saturated heterocycles. The molecule has 124 valence electrons. The predicted molar refractivity (Wildman–Crippen MR) is 94.7 cm³/mol. The van der Waals surface area contributed by atoms with E-state index in [1.807, 2.05) is 37.3 Å². The second kappa shape index (κ2) is 6.84. The number of H-pyrrole nitrogens is 1. The van der Waals surface area contributed by atoms with Crippen molar-refractivity contribution in [2.24, 2.45) is 0 Å². The van der Waals surface area contributed by atoms with Crippen molar-refractivity contribution >= 4 is 26.0 Å². The Labute approximate surface area is 148 Å². The molecule has 2 aromatic carbocycles. The Morgan fingerprint density at radius 1 is 1.17 bits per heavy atom. The van der Waals surface area contributed by atoms with E-state index < -0.39 is 10.0 Å². The lowest BCUT2D eigenvalue weighted by atomic mass is 10.2. The summed E-state index contributed by atoms with van der Waals surface area (Å²) in [7, 11) is -3.61. The van der Waals surface area contributed by atoms with E-state index in [1.165, 1.54) is 0 Å². The Balaban J connectivity index is 1.73. The zero-order valence-electron chi connectivity index (χ0n) is 12.8. The first-order valence-corrected chi connectivity index (χ1v) is 9.46. The summed E-state index contributed by atoms with van der Waals surface area (Å²) in [6.07, 6.45) is 0. The molecule has 24 heavy (non-hydrogen) atoms. The van der Waals surface area contributed by atoms with E-state index in [1.54, 1.807) is 18.2 Å². The van der Waals surface area contributed by atoms with E-state index in [0.717, 1.165) is 15.6 Å². The molecule has 0 aliphatic carbocycles. The van der Waals surface area contributed by atoms with Crippen LogP contribution in [0.5, 0.6) is 0 Å². The molecular formula is C16H15BrN4O2S. The largest absolute Gasteiger partial charge is 0.262 e. The van der Waals surface area contributed by atoms with Crippen molar-refractivity contribution in [2.45, 2.75) is 18.4 Å². The molecule has 8 heteroatoms. The van der Waals surface area contributed by atoms with Gasteiger partial charge in [-0.05, 0) is 30.7 Å². The highest BCUT2D eigenvalue weighted by Gasteiger charge is 2.16. The monoisotopic (exact) mass is 406 g/mol. The van der Waals surface area contributed by atoms with E-state index in [0.29, 0.717) is 11.6 Å². The van der Waals surface area contributed by atoms with Gasteiger partial charge in [-0.1, -0.05) is 46.3 Å². The van der Waals surface area contributed by atoms with Crippen LogP contribution in [0, 0.1) is 6.92 Å². The average molecular weight is 407 g/mol. The molecule has 0 bridgehead atoms. The van der Waals surface area contributed by atoms with Crippen LogP contribution in [-0.4, -0.2) is 23.6 Å². The van der Waals surface area contributed by atoms with Gasteiger partial charge in [-0.15, -0.1) is 0 Å². The number of aromatic nitrogens is 3. The Morgan fingerprint density at radius 3 is 2.62 bits per heavy atom. The van der Waals surface area contributed by atoms with Crippen LogP contribution in [0.2, 0.25) is 0 Å². The lowest BCUT2D eigenvalue weighted by Gasteiger charge is -2.07. The first-order chi connectivity index (χ1) is 11.5. The molecule has 0 unspecified atom stereocenters. The molecule has 0 aliphatic heterocycles. The van der Waals surface area contributed by atoms with Crippen LogP contribution in [0.15, 0.2) is 57.9 Å². The number of hydrogen-bond acceptors (Lipinski definition) is 4. The number of aryl methyl sites for hydroxylation is 1. The summed E-state index contributed by atoms with van der Waals surface area (Å²) < 4.78 is 28.1. The van der Waals surface area contributed by atoms with E-state index in [-0.39, 0.29) is 11.4 Å². The maximum Gasteiger partial charge on any atom is 0.240 e. The summed E-state index contributed by atoms with van der Waals surface area (Å²) in [5, 5.41) is 6.86. The van der Waals surface area contributed by atoms with Crippen molar-refractivity contribution in [3.63, 3.8) is 0 Å². The Morgan fingerprint density at radius 2 is 1.92 bits per heavy atom. The number of nitrogens with zero attached hydrogens (tertiary/aromatic N) is 2. The van der Waals surface area contributed by atoms with Gasteiger partial charge in [0.05, 0.1) is 11.4 Å². The molecule has 3 rings (SSSR count). The van der Waals surface area contributed by atoms with Crippen molar-refractivity contribution < 1.29 is 8.42 Å². The minimum Gasteiger partial charge on any atom is -0.262 e. The highest BCUT2D eigenvalue weighted by atomic mass is 79.9. The number of rotatable bonds is 5. The highest BCUT2D eigenvalue weighted by molar-refractivity contribution is 9.10. The van der Waals surface area contributed by atoms with Crippen LogP contribution >= 0.6 is 15.9 Å². The van der Waals surface area contributed by atoms with Crippen LogP contribution in [0.4, 0.5) is 0 Å². The van der Waals surface area contributed by atoms with Crippen molar-refractivity contribution in [1.29, 1.82) is 0 Å². The number of halogens is 1. The minimum atomic E-state index is -3.61. The minimum absolute atomic E-state index is 0.0390. The lowest BCUT2D eigenvalue weighted by molar-refractivity contribution is 0.579. The van der Waals surface area contributed by atoms with Gasteiger partial charge in [0.2, 0.25) is 10.0 Å². The quantitative estimate of drug-likeness (QED) is 0.681. The summed E-state index contributed by atoms with van der Waals surface area (Å²) in [5.41, 5.74) is 1.72. The highest BCUT2D eigenvalue weighted by Crippen LogP contribution is 2.20. The third-order valence-corrected chi connectivity index (χ3v) is 5.72. The fourth-order valence-corrected chi connectivity index (χ4v) is 3.44. The zero-order valence-corrected chi connectivity index (χ0v) is 15.2. The fourth-order valence-electron chi connectivity index (χ4n) is 2.12. The van der Waals surface area contributed by atoms with Crippen LogP contribution in [0.1, 0.15) is 11.4 Å². The van der Waals surface area contributed by atoms with Gasteiger partial charge in [-0.25, -0.2) is 18.1 Å². The van der Waals surface area contributed by atoms with Crippen LogP contribution in [0.25, 0.3) is 11.4 Å². The number of nitrogens with one attached hydrogen (secondary N) is 2. The summed E-state index contributed by atoms with van der Waals surface area (Å²) in [5.74, 6) is 0.982. The molecule has 0 spiro atoms. The third-order valence-electron chi connectivity index (χ3n) is 3.43. The van der Waals surface area contributed by atoms with E-state index in [2.05, 4.69) is 35.8 Å². The van der Waals surface area contributed by atoms with Crippen LogP contribution in [-0.2, 0) is 16.6 Å². The topological polar surface area (TPSA) is 87.7 Å². The van der Waals surface area contributed by atoms with Crippen molar-refractivity contribution in [3.8, 4) is 11.4 Å². The molecule has 2 N–H and O–H groups in total. The van der Waals surface area contributed by atoms with Crippen LogP contribution < -0.4 is 4.72 Å². The number of aromatic amines is 1. The third kappa shape index (κ3) is 3.72. The van der Waals surface area contributed by atoms with Crippen molar-refractivity contribution in [3.05, 3.63) is 64.4 Å². The average Bonchev–Trinajstić information content (AvgIpc) is 3.05.